The molecule has 0 aromatic carbocycles. The summed E-state index contributed by atoms with van der Waals surface area (Å²) in [6.45, 7) is 0.752. The number of nitriles is 1. The fourth-order valence-corrected chi connectivity index (χ4v) is 2.77. The van der Waals surface area contributed by atoms with Gasteiger partial charge in [0.25, 0.3) is 0 Å². The molecular weight excluding hydrogens is 300 g/mol. The number of nitrogens with zero attached hydrogens (tertiary/aromatic N) is 3. The van der Waals surface area contributed by atoms with Crippen molar-refractivity contribution < 1.29 is 0 Å². The van der Waals surface area contributed by atoms with Gasteiger partial charge in [-0.15, -0.1) is 11.3 Å². The van der Waals surface area contributed by atoms with Gasteiger partial charge < -0.3 is 5.32 Å². The second-order valence-electron chi connectivity index (χ2n) is 3.26. The molecule has 0 saturated heterocycles. The molecule has 0 aliphatic rings. The van der Waals surface area contributed by atoms with Crippen LogP contribution in [0.15, 0.2) is 28.2 Å². The highest BCUT2D eigenvalue weighted by atomic mass is 79.9. The summed E-state index contributed by atoms with van der Waals surface area (Å²) in [6, 6.07) is 7.69. The maximum absolute atomic E-state index is 8.70. The van der Waals surface area contributed by atoms with E-state index in [1.54, 1.807) is 23.6 Å². The molecule has 4 nitrogen and oxygen atoms in total. The Morgan fingerprint density at radius 1 is 1.41 bits per heavy atom. The molecule has 0 aliphatic carbocycles. The van der Waals surface area contributed by atoms with E-state index in [1.165, 1.54) is 4.88 Å². The summed E-state index contributed by atoms with van der Waals surface area (Å²) in [6.07, 6.45) is 2.49. The van der Waals surface area contributed by atoms with E-state index in [4.69, 9.17) is 5.26 Å². The minimum Gasteiger partial charge on any atom is -0.354 e. The Hall–Kier alpha value is -1.45. The SMILES string of the molecule is N#Cc1ccnc(NCCc2ccc(Br)s2)n1. The van der Waals surface area contributed by atoms with Gasteiger partial charge in [-0.3, -0.25) is 0 Å². The van der Waals surface area contributed by atoms with Crippen molar-refractivity contribution in [2.45, 2.75) is 6.42 Å². The molecule has 17 heavy (non-hydrogen) atoms. The van der Waals surface area contributed by atoms with Crippen molar-refractivity contribution in [1.29, 1.82) is 5.26 Å². The number of hydrogen-bond donors (Lipinski definition) is 1. The minimum atomic E-state index is 0.376. The Kier molecular flexibility index (Phi) is 4.07. The number of aromatic nitrogens is 2. The van der Waals surface area contributed by atoms with Crippen molar-refractivity contribution in [3.63, 3.8) is 0 Å². The molecule has 2 heterocycles. The molecule has 2 aromatic heterocycles. The number of nitrogens with one attached hydrogen (secondary N) is 1. The van der Waals surface area contributed by atoms with Crippen LogP contribution in [0.2, 0.25) is 0 Å². The van der Waals surface area contributed by atoms with E-state index in [2.05, 4.69) is 37.3 Å². The second-order valence-corrected chi connectivity index (χ2v) is 5.81. The number of anilines is 1. The summed E-state index contributed by atoms with van der Waals surface area (Å²) >= 11 is 5.14. The van der Waals surface area contributed by atoms with Gasteiger partial charge in [0.05, 0.1) is 3.79 Å². The van der Waals surface area contributed by atoms with Crippen LogP contribution >= 0.6 is 27.3 Å². The van der Waals surface area contributed by atoms with E-state index in [9.17, 15) is 0 Å². The number of halogens is 1. The van der Waals surface area contributed by atoms with E-state index in [0.717, 1.165) is 16.8 Å². The largest absolute Gasteiger partial charge is 0.354 e. The van der Waals surface area contributed by atoms with Crippen LogP contribution in [0.1, 0.15) is 10.6 Å². The van der Waals surface area contributed by atoms with Crippen LogP contribution < -0.4 is 5.32 Å². The molecule has 2 aromatic rings. The highest BCUT2D eigenvalue weighted by Crippen LogP contribution is 2.22. The maximum Gasteiger partial charge on any atom is 0.223 e. The van der Waals surface area contributed by atoms with Crippen LogP contribution in [0.4, 0.5) is 5.95 Å². The number of hydrogen-bond acceptors (Lipinski definition) is 5. The van der Waals surface area contributed by atoms with E-state index < -0.39 is 0 Å². The first-order chi connectivity index (χ1) is 8.28. The van der Waals surface area contributed by atoms with Crippen LogP contribution in [0.3, 0.4) is 0 Å². The third-order valence-corrected chi connectivity index (χ3v) is 3.74. The lowest BCUT2D eigenvalue weighted by Gasteiger charge is -2.02. The Labute approximate surface area is 111 Å². The Balaban J connectivity index is 1.88. The average Bonchev–Trinajstić information content (AvgIpc) is 2.75. The van der Waals surface area contributed by atoms with Crippen molar-refractivity contribution in [3.8, 4) is 6.07 Å². The van der Waals surface area contributed by atoms with Gasteiger partial charge >= 0.3 is 0 Å². The van der Waals surface area contributed by atoms with Gasteiger partial charge in [0.15, 0.2) is 0 Å². The second kappa shape index (κ2) is 5.75. The molecule has 0 atom stereocenters. The normalized spacial score (nSPS) is 9.88. The van der Waals surface area contributed by atoms with Crippen LogP contribution in [0.25, 0.3) is 0 Å². The molecule has 0 aliphatic heterocycles. The monoisotopic (exact) mass is 308 g/mol. The van der Waals surface area contributed by atoms with Gasteiger partial charge in [-0.25, -0.2) is 9.97 Å². The van der Waals surface area contributed by atoms with Gasteiger partial charge in [0.2, 0.25) is 5.95 Å². The van der Waals surface area contributed by atoms with Gasteiger partial charge in [-0.05, 0) is 40.5 Å². The zero-order chi connectivity index (χ0) is 12.1. The topological polar surface area (TPSA) is 61.6 Å². The van der Waals surface area contributed by atoms with Gasteiger partial charge in [-0.2, -0.15) is 5.26 Å². The first-order valence-electron chi connectivity index (χ1n) is 4.99. The molecular formula is C11H9BrN4S. The Morgan fingerprint density at radius 2 is 2.29 bits per heavy atom. The lowest BCUT2D eigenvalue weighted by molar-refractivity contribution is 0.996. The molecule has 1 N–H and O–H groups in total. The van der Waals surface area contributed by atoms with Gasteiger partial charge in [0.1, 0.15) is 11.8 Å². The lowest BCUT2D eigenvalue weighted by Crippen LogP contribution is -2.07. The van der Waals surface area contributed by atoms with E-state index in [1.807, 2.05) is 12.1 Å². The molecule has 0 fully saturated rings. The number of thiophene rings is 1. The zero-order valence-electron chi connectivity index (χ0n) is 8.85. The van der Waals surface area contributed by atoms with E-state index in [0.29, 0.717) is 11.6 Å². The summed E-state index contributed by atoms with van der Waals surface area (Å²) in [7, 11) is 0. The fraction of sp³-hybridized carbons (Fsp3) is 0.182. The summed E-state index contributed by atoms with van der Waals surface area (Å²) in [4.78, 5) is 9.38. The quantitative estimate of drug-likeness (QED) is 0.943. The molecule has 86 valence electrons. The van der Waals surface area contributed by atoms with Crippen molar-refractivity contribution in [2.75, 3.05) is 11.9 Å². The van der Waals surface area contributed by atoms with Crippen molar-refractivity contribution in [1.82, 2.24) is 9.97 Å². The van der Waals surface area contributed by atoms with Crippen LogP contribution in [0, 0.1) is 11.3 Å². The molecule has 2 rings (SSSR count). The third-order valence-electron chi connectivity index (χ3n) is 2.05. The van der Waals surface area contributed by atoms with Crippen molar-refractivity contribution >= 4 is 33.2 Å². The molecule has 0 amide bonds. The van der Waals surface area contributed by atoms with Gasteiger partial charge in [0, 0.05) is 17.6 Å². The van der Waals surface area contributed by atoms with E-state index in [-0.39, 0.29) is 0 Å². The Bertz CT molecular complexity index is 546. The standard InChI is InChI=1S/C11H9BrN4S/c12-10-2-1-9(17-10)4-6-15-11-14-5-3-8(7-13)16-11/h1-3,5H,4,6H2,(H,14,15,16). The predicted molar refractivity (Wildman–Crippen MR) is 71.0 cm³/mol. The first kappa shape index (κ1) is 12.0. The summed E-state index contributed by atoms with van der Waals surface area (Å²) in [5.41, 5.74) is 0.376. The van der Waals surface area contributed by atoms with Crippen molar-refractivity contribution in [3.05, 3.63) is 38.8 Å². The minimum absolute atomic E-state index is 0.376. The number of rotatable bonds is 4. The van der Waals surface area contributed by atoms with Crippen molar-refractivity contribution in [2.24, 2.45) is 0 Å². The maximum atomic E-state index is 8.70. The average molecular weight is 309 g/mol. The third kappa shape index (κ3) is 3.51. The Morgan fingerprint density at radius 3 is 3.00 bits per heavy atom. The molecule has 0 spiro atoms. The zero-order valence-corrected chi connectivity index (χ0v) is 11.3. The fourth-order valence-electron chi connectivity index (χ4n) is 1.29. The molecule has 0 bridgehead atoms. The molecule has 0 unspecified atom stereocenters. The van der Waals surface area contributed by atoms with Gasteiger partial charge in [-0.1, -0.05) is 0 Å². The first-order valence-corrected chi connectivity index (χ1v) is 6.60. The smallest absolute Gasteiger partial charge is 0.223 e. The van der Waals surface area contributed by atoms with Crippen LogP contribution in [-0.2, 0) is 6.42 Å². The molecule has 6 heteroatoms. The molecule has 0 radical (unpaired) electrons. The summed E-state index contributed by atoms with van der Waals surface area (Å²) in [5, 5.41) is 11.8. The van der Waals surface area contributed by atoms with Crippen LogP contribution in [0.5, 0.6) is 0 Å². The highest BCUT2D eigenvalue weighted by molar-refractivity contribution is 9.11. The predicted octanol–water partition coefficient (Wildman–Crippen LogP) is 2.83. The van der Waals surface area contributed by atoms with Crippen LogP contribution in [-0.4, -0.2) is 16.5 Å². The summed E-state index contributed by atoms with van der Waals surface area (Å²) in [5.74, 6) is 0.500. The summed E-state index contributed by atoms with van der Waals surface area (Å²) < 4.78 is 1.13. The van der Waals surface area contributed by atoms with E-state index >= 15 is 0 Å². The lowest BCUT2D eigenvalue weighted by atomic mass is 10.3. The molecule has 0 saturated carbocycles. The highest BCUT2D eigenvalue weighted by Gasteiger charge is 2.00.